The molecule has 0 saturated heterocycles. The van der Waals surface area contributed by atoms with E-state index in [0.717, 1.165) is 17.8 Å². The lowest BCUT2D eigenvalue weighted by Gasteiger charge is -2.19. The first-order valence-electron chi connectivity index (χ1n) is 4.91. The quantitative estimate of drug-likeness (QED) is 0.672. The van der Waals surface area contributed by atoms with E-state index in [1.54, 1.807) is 6.07 Å². The third-order valence-corrected chi connectivity index (χ3v) is 3.28. The summed E-state index contributed by atoms with van der Waals surface area (Å²) in [5.74, 6) is 0. The van der Waals surface area contributed by atoms with E-state index in [4.69, 9.17) is 16.9 Å². The van der Waals surface area contributed by atoms with Gasteiger partial charge in [0.1, 0.15) is 6.07 Å². The molecular formula is C12H13ClN2. The molecule has 1 aromatic rings. The monoisotopic (exact) mass is 220 g/mol. The second kappa shape index (κ2) is 3.15. The summed E-state index contributed by atoms with van der Waals surface area (Å²) in [6, 6.07) is 6.01. The predicted molar refractivity (Wildman–Crippen MR) is 62.5 cm³/mol. The first-order valence-corrected chi connectivity index (χ1v) is 5.29. The van der Waals surface area contributed by atoms with Crippen LogP contribution >= 0.6 is 11.6 Å². The zero-order valence-corrected chi connectivity index (χ0v) is 9.89. The number of benzene rings is 1. The van der Waals surface area contributed by atoms with Gasteiger partial charge in [-0.2, -0.15) is 5.26 Å². The van der Waals surface area contributed by atoms with E-state index in [9.17, 15) is 0 Å². The molecule has 0 radical (unpaired) electrons. The molecule has 0 saturated carbocycles. The van der Waals surface area contributed by atoms with Crippen LogP contribution in [0.1, 0.15) is 25.0 Å². The van der Waals surface area contributed by atoms with Crippen molar-refractivity contribution in [2.24, 2.45) is 0 Å². The lowest BCUT2D eigenvalue weighted by molar-refractivity contribution is 0.562. The van der Waals surface area contributed by atoms with Gasteiger partial charge in [-0.25, -0.2) is 0 Å². The van der Waals surface area contributed by atoms with Crippen LogP contribution in [0, 0.1) is 11.3 Å². The Hall–Kier alpha value is -1.20. The van der Waals surface area contributed by atoms with E-state index in [-0.39, 0.29) is 5.41 Å². The molecule has 0 N–H and O–H groups in total. The number of halogens is 1. The molecule has 0 unspecified atom stereocenters. The molecule has 0 amide bonds. The lowest BCUT2D eigenvalue weighted by Crippen LogP contribution is -2.25. The lowest BCUT2D eigenvalue weighted by atomic mass is 9.84. The maximum Gasteiger partial charge on any atom is 0.101 e. The highest BCUT2D eigenvalue weighted by Crippen LogP contribution is 2.43. The average molecular weight is 221 g/mol. The second-order valence-electron chi connectivity index (χ2n) is 4.67. The minimum absolute atomic E-state index is 0.0000463. The third kappa shape index (κ3) is 1.39. The number of nitrogens with zero attached hydrogens (tertiary/aromatic N) is 2. The predicted octanol–water partition coefficient (Wildman–Crippen LogP) is 2.94. The number of hydrogen-bond acceptors (Lipinski definition) is 2. The molecule has 15 heavy (non-hydrogen) atoms. The first kappa shape index (κ1) is 10.3. The van der Waals surface area contributed by atoms with E-state index in [0.29, 0.717) is 10.6 Å². The summed E-state index contributed by atoms with van der Waals surface area (Å²) in [5.41, 5.74) is 2.84. The van der Waals surface area contributed by atoms with Gasteiger partial charge in [-0.05, 0) is 12.1 Å². The van der Waals surface area contributed by atoms with Crippen molar-refractivity contribution in [3.8, 4) is 6.07 Å². The van der Waals surface area contributed by atoms with Gasteiger partial charge in [0.2, 0.25) is 0 Å². The van der Waals surface area contributed by atoms with Crippen molar-refractivity contribution in [3.05, 3.63) is 28.3 Å². The summed E-state index contributed by atoms with van der Waals surface area (Å²) in [5, 5.41) is 9.70. The summed E-state index contributed by atoms with van der Waals surface area (Å²) in [4.78, 5) is 2.17. The molecule has 0 bridgehead atoms. The number of rotatable bonds is 0. The summed E-state index contributed by atoms with van der Waals surface area (Å²) in [6.45, 7) is 5.22. The van der Waals surface area contributed by atoms with Crippen LogP contribution in [0.5, 0.6) is 0 Å². The van der Waals surface area contributed by atoms with Crippen LogP contribution in [0.15, 0.2) is 12.1 Å². The molecule has 0 atom stereocenters. The van der Waals surface area contributed by atoms with Crippen molar-refractivity contribution >= 4 is 17.3 Å². The second-order valence-corrected chi connectivity index (χ2v) is 5.08. The number of hydrogen-bond donors (Lipinski definition) is 0. The Morgan fingerprint density at radius 1 is 1.47 bits per heavy atom. The van der Waals surface area contributed by atoms with E-state index in [1.807, 2.05) is 13.1 Å². The summed E-state index contributed by atoms with van der Waals surface area (Å²) < 4.78 is 0. The molecule has 1 aliphatic rings. The van der Waals surface area contributed by atoms with Crippen molar-refractivity contribution < 1.29 is 0 Å². The van der Waals surface area contributed by atoms with Gasteiger partial charge >= 0.3 is 0 Å². The van der Waals surface area contributed by atoms with Gasteiger partial charge in [0, 0.05) is 30.3 Å². The smallest absolute Gasteiger partial charge is 0.101 e. The van der Waals surface area contributed by atoms with Crippen molar-refractivity contribution in [2.45, 2.75) is 19.3 Å². The summed E-state index contributed by atoms with van der Waals surface area (Å²) >= 11 is 6.04. The molecule has 2 nitrogen and oxygen atoms in total. The third-order valence-electron chi connectivity index (χ3n) is 2.96. The number of anilines is 1. The van der Waals surface area contributed by atoms with Crippen molar-refractivity contribution in [1.29, 1.82) is 5.26 Å². The largest absolute Gasteiger partial charge is 0.373 e. The van der Waals surface area contributed by atoms with Crippen LogP contribution in [-0.4, -0.2) is 13.6 Å². The molecule has 2 rings (SSSR count). The van der Waals surface area contributed by atoms with Crippen LogP contribution in [0.2, 0.25) is 5.02 Å². The van der Waals surface area contributed by atoms with E-state index in [1.165, 1.54) is 0 Å². The maximum absolute atomic E-state index is 9.15. The van der Waals surface area contributed by atoms with Crippen LogP contribution in [0.25, 0.3) is 0 Å². The van der Waals surface area contributed by atoms with Crippen LogP contribution < -0.4 is 4.90 Å². The van der Waals surface area contributed by atoms with Gasteiger partial charge in [0.15, 0.2) is 0 Å². The van der Waals surface area contributed by atoms with Crippen LogP contribution in [0.4, 0.5) is 5.69 Å². The summed E-state index contributed by atoms with van der Waals surface area (Å²) in [7, 11) is 2.04. The number of fused-ring (bicyclic) bond motifs is 1. The molecule has 3 heteroatoms. The minimum atomic E-state index is 0.0000463. The zero-order valence-electron chi connectivity index (χ0n) is 9.13. The molecular weight excluding hydrogens is 208 g/mol. The topological polar surface area (TPSA) is 27.0 Å². The Bertz CT molecular complexity index is 457. The minimum Gasteiger partial charge on any atom is -0.373 e. The Morgan fingerprint density at radius 3 is 2.73 bits per heavy atom. The van der Waals surface area contributed by atoms with E-state index in [2.05, 4.69) is 24.8 Å². The van der Waals surface area contributed by atoms with Crippen molar-refractivity contribution in [1.82, 2.24) is 0 Å². The van der Waals surface area contributed by atoms with Gasteiger partial charge in [-0.1, -0.05) is 25.4 Å². The van der Waals surface area contributed by atoms with Crippen LogP contribution in [-0.2, 0) is 5.41 Å². The normalized spacial score (nSPS) is 17.4. The highest BCUT2D eigenvalue weighted by Gasteiger charge is 2.36. The zero-order chi connectivity index (χ0) is 11.2. The van der Waals surface area contributed by atoms with Gasteiger partial charge in [-0.15, -0.1) is 0 Å². The van der Waals surface area contributed by atoms with Gasteiger partial charge in [-0.3, -0.25) is 0 Å². The molecule has 0 spiro atoms. The Balaban J connectivity index is 2.77. The van der Waals surface area contributed by atoms with Gasteiger partial charge in [0.25, 0.3) is 0 Å². The highest BCUT2D eigenvalue weighted by atomic mass is 35.5. The fourth-order valence-electron chi connectivity index (χ4n) is 2.44. The first-order chi connectivity index (χ1) is 6.97. The average Bonchev–Trinajstić information content (AvgIpc) is 2.37. The molecule has 78 valence electrons. The molecule has 0 aromatic heterocycles. The van der Waals surface area contributed by atoms with Crippen molar-refractivity contribution in [2.75, 3.05) is 18.5 Å². The molecule has 1 heterocycles. The van der Waals surface area contributed by atoms with Crippen LogP contribution in [0.3, 0.4) is 0 Å². The molecule has 1 aliphatic heterocycles. The standard InChI is InChI=1S/C12H13ClN2/c1-12(2)7-15(3)10-5-4-9(13)8(6-14)11(10)12/h4-5H,7H2,1-3H3. The fourth-order valence-corrected chi connectivity index (χ4v) is 2.64. The van der Waals surface area contributed by atoms with Crippen molar-refractivity contribution in [3.63, 3.8) is 0 Å². The number of nitriles is 1. The molecule has 0 fully saturated rings. The Kier molecular flexibility index (Phi) is 2.17. The SMILES string of the molecule is CN1CC(C)(C)c2c1ccc(Cl)c2C#N. The highest BCUT2D eigenvalue weighted by molar-refractivity contribution is 6.32. The van der Waals surface area contributed by atoms with Gasteiger partial charge in [0.05, 0.1) is 10.6 Å². The maximum atomic E-state index is 9.15. The van der Waals surface area contributed by atoms with E-state index < -0.39 is 0 Å². The fraction of sp³-hybridized carbons (Fsp3) is 0.417. The number of likely N-dealkylation sites (N-methyl/N-ethyl adjacent to an activating group) is 1. The molecule has 1 aromatic carbocycles. The Morgan fingerprint density at radius 2 is 2.13 bits per heavy atom. The van der Waals surface area contributed by atoms with E-state index >= 15 is 0 Å². The Labute approximate surface area is 95.1 Å². The summed E-state index contributed by atoms with van der Waals surface area (Å²) in [6.07, 6.45) is 0. The molecule has 0 aliphatic carbocycles. The van der Waals surface area contributed by atoms with Gasteiger partial charge < -0.3 is 4.90 Å².